The van der Waals surface area contributed by atoms with Crippen molar-refractivity contribution < 1.29 is 15.3 Å². The van der Waals surface area contributed by atoms with Crippen LogP contribution in [-0.2, 0) is 0 Å². The molecule has 0 saturated carbocycles. The average Bonchev–Trinajstić information content (AvgIpc) is 1.98. The molecule has 68 valence electrons. The Bertz CT molecular complexity index is 93.3. The summed E-state index contributed by atoms with van der Waals surface area (Å²) in [4.78, 5) is 0. The molecule has 0 aliphatic carbocycles. The molecule has 0 rings (SSSR count). The molecule has 0 aromatic heterocycles. The minimum Gasteiger partial charge on any atom is -0.396 e. The minimum atomic E-state index is -0.692. The van der Waals surface area contributed by atoms with Gasteiger partial charge in [0, 0.05) is 6.61 Å². The summed E-state index contributed by atoms with van der Waals surface area (Å²) in [5.41, 5.74) is 0. The molecule has 2 unspecified atom stereocenters. The van der Waals surface area contributed by atoms with Crippen LogP contribution < -0.4 is 0 Å². The van der Waals surface area contributed by atoms with Crippen molar-refractivity contribution in [3.63, 3.8) is 0 Å². The van der Waals surface area contributed by atoms with Gasteiger partial charge in [-0.1, -0.05) is 13.8 Å². The van der Waals surface area contributed by atoms with Crippen LogP contribution in [0.1, 0.15) is 26.7 Å². The average molecular weight is 162 g/mol. The Hall–Kier alpha value is -0.120. The van der Waals surface area contributed by atoms with Gasteiger partial charge >= 0.3 is 0 Å². The maximum atomic E-state index is 9.29. The van der Waals surface area contributed by atoms with Crippen LogP contribution in [-0.4, -0.2) is 34.1 Å². The first-order chi connectivity index (χ1) is 5.09. The van der Waals surface area contributed by atoms with E-state index in [1.54, 1.807) is 0 Å². The maximum absolute atomic E-state index is 9.29. The highest BCUT2D eigenvalue weighted by Gasteiger charge is 2.18. The van der Waals surface area contributed by atoms with E-state index >= 15 is 0 Å². The molecule has 0 saturated heterocycles. The summed E-state index contributed by atoms with van der Waals surface area (Å²) in [6.07, 6.45) is -0.343. The molecule has 0 aromatic carbocycles. The molecule has 3 heteroatoms. The van der Waals surface area contributed by atoms with Crippen LogP contribution in [0.2, 0.25) is 0 Å². The monoisotopic (exact) mass is 162 g/mol. The molecule has 11 heavy (non-hydrogen) atoms. The van der Waals surface area contributed by atoms with Crippen LogP contribution in [0.4, 0.5) is 0 Å². The van der Waals surface area contributed by atoms with Gasteiger partial charge in [-0.2, -0.15) is 0 Å². The number of rotatable bonds is 5. The van der Waals surface area contributed by atoms with Gasteiger partial charge in [0.25, 0.3) is 0 Å². The molecule has 2 atom stereocenters. The maximum Gasteiger partial charge on any atom is 0.0821 e. The van der Waals surface area contributed by atoms with E-state index in [2.05, 4.69) is 0 Å². The highest BCUT2D eigenvalue weighted by atomic mass is 16.3. The van der Waals surface area contributed by atoms with Crippen LogP contribution in [0.3, 0.4) is 0 Å². The van der Waals surface area contributed by atoms with Crippen LogP contribution in [0, 0.1) is 5.92 Å². The van der Waals surface area contributed by atoms with E-state index < -0.39 is 12.2 Å². The molecule has 0 bridgehead atoms. The SMILES string of the molecule is CC(C)C(O)C(O)CCCO. The quantitative estimate of drug-likeness (QED) is 0.539. The largest absolute Gasteiger partial charge is 0.396 e. The van der Waals surface area contributed by atoms with Gasteiger partial charge in [0.1, 0.15) is 0 Å². The Morgan fingerprint density at radius 3 is 2.09 bits per heavy atom. The Kier molecular flexibility index (Phi) is 5.46. The van der Waals surface area contributed by atoms with Gasteiger partial charge in [-0.3, -0.25) is 0 Å². The predicted octanol–water partition coefficient (Wildman–Crippen LogP) is 0.137. The van der Waals surface area contributed by atoms with Crippen LogP contribution in [0.5, 0.6) is 0 Å². The lowest BCUT2D eigenvalue weighted by Crippen LogP contribution is -2.30. The molecular formula is C8H18O3. The van der Waals surface area contributed by atoms with Crippen LogP contribution in [0.15, 0.2) is 0 Å². The third-order valence-electron chi connectivity index (χ3n) is 1.74. The van der Waals surface area contributed by atoms with Crippen molar-refractivity contribution in [1.82, 2.24) is 0 Å². The van der Waals surface area contributed by atoms with Gasteiger partial charge in [-0.15, -0.1) is 0 Å². The highest BCUT2D eigenvalue weighted by Crippen LogP contribution is 2.10. The zero-order valence-electron chi connectivity index (χ0n) is 7.20. The van der Waals surface area contributed by atoms with Crippen molar-refractivity contribution in [3.8, 4) is 0 Å². The fourth-order valence-electron chi connectivity index (χ4n) is 0.915. The van der Waals surface area contributed by atoms with Crippen LogP contribution >= 0.6 is 0 Å². The molecule has 0 aliphatic rings. The molecule has 0 aliphatic heterocycles. The molecular weight excluding hydrogens is 144 g/mol. The molecule has 0 radical (unpaired) electrons. The topological polar surface area (TPSA) is 60.7 Å². The smallest absolute Gasteiger partial charge is 0.0821 e. The van der Waals surface area contributed by atoms with E-state index in [0.717, 1.165) is 0 Å². The van der Waals surface area contributed by atoms with E-state index in [1.165, 1.54) is 0 Å². The highest BCUT2D eigenvalue weighted by molar-refractivity contribution is 4.69. The Morgan fingerprint density at radius 1 is 1.18 bits per heavy atom. The zero-order valence-corrected chi connectivity index (χ0v) is 7.20. The van der Waals surface area contributed by atoms with Gasteiger partial charge in [-0.05, 0) is 18.8 Å². The van der Waals surface area contributed by atoms with Gasteiger partial charge in [0.05, 0.1) is 12.2 Å². The third-order valence-corrected chi connectivity index (χ3v) is 1.74. The molecule has 0 spiro atoms. The number of aliphatic hydroxyl groups excluding tert-OH is 3. The fourth-order valence-corrected chi connectivity index (χ4v) is 0.915. The Morgan fingerprint density at radius 2 is 1.73 bits per heavy atom. The first-order valence-corrected chi connectivity index (χ1v) is 4.06. The van der Waals surface area contributed by atoms with E-state index in [4.69, 9.17) is 5.11 Å². The van der Waals surface area contributed by atoms with Crippen molar-refractivity contribution in [2.24, 2.45) is 5.92 Å². The van der Waals surface area contributed by atoms with Gasteiger partial charge in [0.15, 0.2) is 0 Å². The lowest BCUT2D eigenvalue weighted by atomic mass is 9.99. The second-order valence-electron chi connectivity index (χ2n) is 3.17. The van der Waals surface area contributed by atoms with Gasteiger partial charge in [0.2, 0.25) is 0 Å². The van der Waals surface area contributed by atoms with Crippen molar-refractivity contribution in [3.05, 3.63) is 0 Å². The summed E-state index contributed by atoms with van der Waals surface area (Å²) in [5, 5.41) is 27.0. The summed E-state index contributed by atoms with van der Waals surface area (Å²) in [7, 11) is 0. The second-order valence-corrected chi connectivity index (χ2v) is 3.17. The van der Waals surface area contributed by atoms with E-state index in [9.17, 15) is 10.2 Å². The lowest BCUT2D eigenvalue weighted by molar-refractivity contribution is -0.0148. The predicted molar refractivity (Wildman–Crippen MR) is 43.2 cm³/mol. The minimum absolute atomic E-state index is 0.0713. The van der Waals surface area contributed by atoms with Gasteiger partial charge in [-0.25, -0.2) is 0 Å². The molecule has 0 aromatic rings. The molecule has 0 fully saturated rings. The van der Waals surface area contributed by atoms with Crippen molar-refractivity contribution in [2.75, 3.05) is 6.61 Å². The summed E-state index contributed by atoms with van der Waals surface area (Å²) < 4.78 is 0. The van der Waals surface area contributed by atoms with Crippen LogP contribution in [0.25, 0.3) is 0 Å². The van der Waals surface area contributed by atoms with Crippen molar-refractivity contribution in [2.45, 2.75) is 38.9 Å². The standard InChI is InChI=1S/C8H18O3/c1-6(2)8(11)7(10)4-3-5-9/h6-11H,3-5H2,1-2H3. The van der Waals surface area contributed by atoms with E-state index in [1.807, 2.05) is 13.8 Å². The van der Waals surface area contributed by atoms with Gasteiger partial charge < -0.3 is 15.3 Å². The molecule has 0 heterocycles. The number of hydrogen-bond donors (Lipinski definition) is 3. The summed E-state index contributed by atoms with van der Waals surface area (Å²) in [6, 6.07) is 0. The molecule has 3 N–H and O–H groups in total. The van der Waals surface area contributed by atoms with E-state index in [-0.39, 0.29) is 12.5 Å². The number of aliphatic hydroxyl groups is 3. The van der Waals surface area contributed by atoms with Crippen molar-refractivity contribution in [1.29, 1.82) is 0 Å². The fraction of sp³-hybridized carbons (Fsp3) is 1.00. The first-order valence-electron chi connectivity index (χ1n) is 4.06. The Balaban J connectivity index is 3.55. The van der Waals surface area contributed by atoms with Crippen molar-refractivity contribution >= 4 is 0 Å². The summed E-state index contributed by atoms with van der Waals surface area (Å²) in [5.74, 6) is 0.0729. The van der Waals surface area contributed by atoms with E-state index in [0.29, 0.717) is 12.8 Å². The zero-order chi connectivity index (χ0) is 8.85. The Labute approximate surface area is 67.7 Å². The molecule has 0 amide bonds. The molecule has 3 nitrogen and oxygen atoms in total. The summed E-state index contributed by atoms with van der Waals surface area (Å²) >= 11 is 0. The first kappa shape index (κ1) is 10.9. The lowest BCUT2D eigenvalue weighted by Gasteiger charge is -2.20. The second kappa shape index (κ2) is 5.52. The normalized spacial score (nSPS) is 16.9. The number of hydrogen-bond acceptors (Lipinski definition) is 3. The summed E-state index contributed by atoms with van der Waals surface area (Å²) in [6.45, 7) is 3.78. The third kappa shape index (κ3) is 4.35.